The van der Waals surface area contributed by atoms with E-state index in [1.54, 1.807) is 11.8 Å². The van der Waals surface area contributed by atoms with Crippen molar-refractivity contribution in [3.8, 4) is 0 Å². The molecule has 0 aliphatic carbocycles. The van der Waals surface area contributed by atoms with E-state index in [0.29, 0.717) is 6.42 Å². The van der Waals surface area contributed by atoms with Gasteiger partial charge in [0.15, 0.2) is 0 Å². The molecule has 2 rings (SSSR count). The average molecular weight is 260 g/mol. The van der Waals surface area contributed by atoms with Crippen molar-refractivity contribution >= 4 is 17.5 Å². The van der Waals surface area contributed by atoms with Crippen LogP contribution in [0.5, 0.6) is 0 Å². The SMILES string of the molecule is CCC1C(=O)NC(C)C(=O)N1c1cc(C)cc(C)c1. The third-order valence-electron chi connectivity index (χ3n) is 3.45. The highest BCUT2D eigenvalue weighted by molar-refractivity contribution is 6.08. The molecule has 1 aromatic carbocycles. The first kappa shape index (κ1) is 13.6. The van der Waals surface area contributed by atoms with Crippen molar-refractivity contribution in [2.75, 3.05) is 4.90 Å². The summed E-state index contributed by atoms with van der Waals surface area (Å²) in [5.41, 5.74) is 3.00. The van der Waals surface area contributed by atoms with Crippen LogP contribution < -0.4 is 10.2 Å². The molecule has 19 heavy (non-hydrogen) atoms. The van der Waals surface area contributed by atoms with Crippen LogP contribution in [0.3, 0.4) is 0 Å². The molecule has 2 unspecified atom stereocenters. The van der Waals surface area contributed by atoms with Crippen molar-refractivity contribution in [1.29, 1.82) is 0 Å². The summed E-state index contributed by atoms with van der Waals surface area (Å²) in [6.45, 7) is 7.63. The van der Waals surface area contributed by atoms with Gasteiger partial charge in [0.25, 0.3) is 0 Å². The number of amides is 2. The lowest BCUT2D eigenvalue weighted by molar-refractivity contribution is -0.133. The number of rotatable bonds is 2. The monoisotopic (exact) mass is 260 g/mol. The van der Waals surface area contributed by atoms with Crippen LogP contribution in [-0.2, 0) is 9.59 Å². The van der Waals surface area contributed by atoms with Gasteiger partial charge in [-0.3, -0.25) is 14.5 Å². The molecule has 4 heteroatoms. The second-order valence-electron chi connectivity index (χ2n) is 5.21. The number of benzene rings is 1. The van der Waals surface area contributed by atoms with E-state index in [1.165, 1.54) is 0 Å². The van der Waals surface area contributed by atoms with Gasteiger partial charge in [-0.25, -0.2) is 0 Å². The highest BCUT2D eigenvalue weighted by Gasteiger charge is 2.38. The van der Waals surface area contributed by atoms with Crippen LogP contribution in [-0.4, -0.2) is 23.9 Å². The Morgan fingerprint density at radius 2 is 1.74 bits per heavy atom. The molecular formula is C15H20N2O2. The van der Waals surface area contributed by atoms with Crippen LogP contribution in [0.15, 0.2) is 18.2 Å². The number of piperazine rings is 1. The number of anilines is 1. The van der Waals surface area contributed by atoms with E-state index in [9.17, 15) is 9.59 Å². The Labute approximate surface area is 113 Å². The minimum absolute atomic E-state index is 0.0450. The molecule has 2 atom stereocenters. The number of aryl methyl sites for hydroxylation is 2. The molecule has 1 aromatic rings. The van der Waals surface area contributed by atoms with Crippen LogP contribution in [0.2, 0.25) is 0 Å². The fourth-order valence-corrected chi connectivity index (χ4v) is 2.62. The van der Waals surface area contributed by atoms with Crippen LogP contribution in [0.4, 0.5) is 5.69 Å². The van der Waals surface area contributed by atoms with Gasteiger partial charge in [-0.1, -0.05) is 13.0 Å². The number of nitrogens with one attached hydrogen (secondary N) is 1. The van der Waals surface area contributed by atoms with E-state index >= 15 is 0 Å². The molecule has 1 heterocycles. The molecular weight excluding hydrogens is 240 g/mol. The molecule has 0 spiro atoms. The number of hydrogen-bond donors (Lipinski definition) is 1. The number of carbonyl (C=O) groups is 2. The van der Waals surface area contributed by atoms with Crippen molar-refractivity contribution in [1.82, 2.24) is 5.32 Å². The molecule has 1 N–H and O–H groups in total. The molecule has 1 aliphatic heterocycles. The van der Waals surface area contributed by atoms with E-state index in [2.05, 4.69) is 11.4 Å². The van der Waals surface area contributed by atoms with Crippen molar-refractivity contribution in [3.05, 3.63) is 29.3 Å². The number of carbonyl (C=O) groups excluding carboxylic acids is 2. The standard InChI is InChI=1S/C15H20N2O2/c1-5-13-14(18)16-11(4)15(19)17(13)12-7-9(2)6-10(3)8-12/h6-8,11,13H,5H2,1-4H3,(H,16,18). The summed E-state index contributed by atoms with van der Waals surface area (Å²) in [6, 6.07) is 5.10. The molecule has 4 nitrogen and oxygen atoms in total. The Kier molecular flexibility index (Phi) is 3.60. The van der Waals surface area contributed by atoms with Gasteiger partial charge >= 0.3 is 0 Å². The van der Waals surface area contributed by atoms with Gasteiger partial charge in [-0.2, -0.15) is 0 Å². The van der Waals surface area contributed by atoms with Gasteiger partial charge in [0.1, 0.15) is 12.1 Å². The molecule has 0 bridgehead atoms. The maximum Gasteiger partial charge on any atom is 0.250 e. The Hall–Kier alpha value is -1.84. The molecule has 102 valence electrons. The van der Waals surface area contributed by atoms with Gasteiger partial charge in [-0.05, 0) is 50.5 Å². The fourth-order valence-electron chi connectivity index (χ4n) is 2.62. The first-order chi connectivity index (χ1) is 8.93. The van der Waals surface area contributed by atoms with Gasteiger partial charge in [0.2, 0.25) is 11.8 Å². The van der Waals surface area contributed by atoms with E-state index in [1.807, 2.05) is 32.9 Å². The molecule has 2 amide bonds. The summed E-state index contributed by atoms with van der Waals surface area (Å²) in [7, 11) is 0. The molecule has 0 radical (unpaired) electrons. The number of hydrogen-bond acceptors (Lipinski definition) is 2. The van der Waals surface area contributed by atoms with E-state index in [0.717, 1.165) is 16.8 Å². The zero-order chi connectivity index (χ0) is 14.2. The summed E-state index contributed by atoms with van der Waals surface area (Å²) in [5, 5.41) is 2.73. The van der Waals surface area contributed by atoms with Crippen LogP contribution >= 0.6 is 0 Å². The smallest absolute Gasteiger partial charge is 0.250 e. The first-order valence-electron chi connectivity index (χ1n) is 6.65. The summed E-state index contributed by atoms with van der Waals surface area (Å²) in [5.74, 6) is -0.120. The quantitative estimate of drug-likeness (QED) is 0.883. The largest absolute Gasteiger partial charge is 0.343 e. The normalized spacial score (nSPS) is 23.5. The Bertz CT molecular complexity index is 505. The zero-order valence-electron chi connectivity index (χ0n) is 11.9. The third-order valence-corrected chi connectivity index (χ3v) is 3.45. The van der Waals surface area contributed by atoms with Crippen molar-refractivity contribution in [2.45, 2.75) is 46.2 Å². The van der Waals surface area contributed by atoms with Gasteiger partial charge in [0, 0.05) is 5.69 Å². The molecule has 1 fully saturated rings. The fraction of sp³-hybridized carbons (Fsp3) is 0.467. The molecule has 0 aromatic heterocycles. The van der Waals surface area contributed by atoms with Crippen molar-refractivity contribution in [3.63, 3.8) is 0 Å². The zero-order valence-corrected chi connectivity index (χ0v) is 11.9. The lowest BCUT2D eigenvalue weighted by atomic mass is 10.0. The summed E-state index contributed by atoms with van der Waals surface area (Å²) < 4.78 is 0. The van der Waals surface area contributed by atoms with Crippen LogP contribution in [0, 0.1) is 13.8 Å². The minimum Gasteiger partial charge on any atom is -0.343 e. The topological polar surface area (TPSA) is 49.4 Å². The Balaban J connectivity index is 2.48. The lowest BCUT2D eigenvalue weighted by Crippen LogP contribution is -2.62. The van der Waals surface area contributed by atoms with Crippen molar-refractivity contribution in [2.24, 2.45) is 0 Å². The molecule has 1 aliphatic rings. The molecule has 1 saturated heterocycles. The van der Waals surface area contributed by atoms with Gasteiger partial charge in [-0.15, -0.1) is 0 Å². The molecule has 0 saturated carbocycles. The Morgan fingerprint density at radius 3 is 2.26 bits per heavy atom. The van der Waals surface area contributed by atoms with E-state index in [4.69, 9.17) is 0 Å². The van der Waals surface area contributed by atoms with E-state index in [-0.39, 0.29) is 11.8 Å². The summed E-state index contributed by atoms with van der Waals surface area (Å²) >= 11 is 0. The average Bonchev–Trinajstić information content (AvgIpc) is 2.32. The summed E-state index contributed by atoms with van der Waals surface area (Å²) in [4.78, 5) is 26.0. The highest BCUT2D eigenvalue weighted by Crippen LogP contribution is 2.25. The van der Waals surface area contributed by atoms with Gasteiger partial charge < -0.3 is 5.32 Å². The third kappa shape index (κ3) is 2.48. The lowest BCUT2D eigenvalue weighted by Gasteiger charge is -2.37. The van der Waals surface area contributed by atoms with Gasteiger partial charge in [0.05, 0.1) is 0 Å². The number of nitrogens with zero attached hydrogens (tertiary/aromatic N) is 1. The predicted molar refractivity (Wildman–Crippen MR) is 75.1 cm³/mol. The Morgan fingerprint density at radius 1 is 1.16 bits per heavy atom. The first-order valence-corrected chi connectivity index (χ1v) is 6.65. The maximum atomic E-state index is 12.4. The summed E-state index contributed by atoms with van der Waals surface area (Å²) in [6.07, 6.45) is 0.608. The van der Waals surface area contributed by atoms with E-state index < -0.39 is 12.1 Å². The van der Waals surface area contributed by atoms with Crippen molar-refractivity contribution < 1.29 is 9.59 Å². The van der Waals surface area contributed by atoms with Crippen LogP contribution in [0.1, 0.15) is 31.4 Å². The maximum absolute atomic E-state index is 12.4. The predicted octanol–water partition coefficient (Wildman–Crippen LogP) is 1.93. The van der Waals surface area contributed by atoms with Crippen LogP contribution in [0.25, 0.3) is 0 Å². The highest BCUT2D eigenvalue weighted by atomic mass is 16.2. The second-order valence-corrected chi connectivity index (χ2v) is 5.21. The second kappa shape index (κ2) is 5.03. The minimum atomic E-state index is -0.462.